The smallest absolute Gasteiger partial charge is 0.234 e. The van der Waals surface area contributed by atoms with Gasteiger partial charge in [0.15, 0.2) is 0 Å². The molecular weight excluding hydrogens is 210 g/mol. The normalized spacial score (nSPS) is 29.4. The van der Waals surface area contributed by atoms with E-state index in [-0.39, 0.29) is 23.7 Å². The van der Waals surface area contributed by atoms with Gasteiger partial charge in [0.2, 0.25) is 11.8 Å². The number of imide groups is 1. The molecule has 2 heterocycles. The van der Waals surface area contributed by atoms with Crippen molar-refractivity contribution in [1.82, 2.24) is 9.80 Å². The van der Waals surface area contributed by atoms with Gasteiger partial charge in [0.05, 0.1) is 11.8 Å². The average molecular weight is 223 g/mol. The molecule has 0 aromatic heterocycles. The third kappa shape index (κ3) is 1.64. The molecule has 2 aliphatic rings. The molecule has 2 aliphatic heterocycles. The lowest BCUT2D eigenvalue weighted by atomic mass is 10.00. The Kier molecular flexibility index (Phi) is 2.80. The highest BCUT2D eigenvalue weighted by molar-refractivity contribution is 6.05. The molecule has 2 atom stereocenters. The first kappa shape index (κ1) is 10.9. The van der Waals surface area contributed by atoms with E-state index in [0.717, 1.165) is 0 Å². The van der Waals surface area contributed by atoms with Crippen molar-refractivity contribution >= 4 is 11.8 Å². The lowest BCUT2D eigenvalue weighted by Gasteiger charge is -2.16. The maximum Gasteiger partial charge on any atom is 0.234 e. The summed E-state index contributed by atoms with van der Waals surface area (Å²) >= 11 is 0. The summed E-state index contributed by atoms with van der Waals surface area (Å²) in [5.41, 5.74) is 8.15. The van der Waals surface area contributed by atoms with Gasteiger partial charge >= 0.3 is 0 Å². The van der Waals surface area contributed by atoms with E-state index in [1.807, 2.05) is 4.90 Å². The maximum absolute atomic E-state index is 11.7. The van der Waals surface area contributed by atoms with Crippen LogP contribution in [0.5, 0.6) is 0 Å². The monoisotopic (exact) mass is 223 g/mol. The Morgan fingerprint density at radius 2 is 1.94 bits per heavy atom. The summed E-state index contributed by atoms with van der Waals surface area (Å²) in [4.78, 5) is 29.2. The Hall–Kier alpha value is -1.59. The Morgan fingerprint density at radius 1 is 1.38 bits per heavy atom. The Balaban J connectivity index is 1.96. The first-order chi connectivity index (χ1) is 7.65. The zero-order chi connectivity index (χ0) is 11.7. The number of amides is 2. The van der Waals surface area contributed by atoms with Crippen LogP contribution < -0.4 is 0 Å². The molecule has 2 rings (SSSR count). The number of fused-ring (bicyclic) bond motifs is 1. The van der Waals surface area contributed by atoms with Gasteiger partial charge in [0.1, 0.15) is 0 Å². The molecule has 0 saturated carbocycles. The molecule has 0 radical (unpaired) electrons. The van der Waals surface area contributed by atoms with Crippen molar-refractivity contribution in [2.75, 3.05) is 33.2 Å². The van der Waals surface area contributed by atoms with Crippen LogP contribution in [-0.2, 0) is 9.59 Å². The summed E-state index contributed by atoms with van der Waals surface area (Å²) in [5, 5.41) is 3.44. The fraction of sp³-hybridized carbons (Fsp3) is 0.778. The first-order valence-electron chi connectivity index (χ1n) is 5.19. The minimum Gasteiger partial charge on any atom is -0.302 e. The van der Waals surface area contributed by atoms with E-state index in [0.29, 0.717) is 26.2 Å². The van der Waals surface area contributed by atoms with E-state index in [1.165, 1.54) is 11.9 Å². The number of hydrogen-bond donors (Lipinski definition) is 0. The molecule has 16 heavy (non-hydrogen) atoms. The summed E-state index contributed by atoms with van der Waals surface area (Å²) in [6.45, 7) is 2.19. The highest BCUT2D eigenvalue weighted by atomic mass is 16.2. The number of rotatable bonds is 3. The SMILES string of the molecule is CN1C(=O)[C@H]2CN(CCN=[N+]=[N-])C[C@H]2C1=O. The summed E-state index contributed by atoms with van der Waals surface area (Å²) < 4.78 is 0. The molecule has 0 aromatic rings. The largest absolute Gasteiger partial charge is 0.302 e. The summed E-state index contributed by atoms with van der Waals surface area (Å²) in [6, 6.07) is 0. The number of nitrogens with zero attached hydrogens (tertiary/aromatic N) is 5. The molecule has 86 valence electrons. The second-order valence-electron chi connectivity index (χ2n) is 4.16. The number of likely N-dealkylation sites (tertiary alicyclic amines) is 2. The minimum absolute atomic E-state index is 0.0821. The van der Waals surface area contributed by atoms with E-state index in [1.54, 1.807) is 0 Å². The third-order valence-corrected chi connectivity index (χ3v) is 3.27. The Labute approximate surface area is 92.6 Å². The van der Waals surface area contributed by atoms with Crippen molar-refractivity contribution in [3.63, 3.8) is 0 Å². The van der Waals surface area contributed by atoms with Crippen molar-refractivity contribution < 1.29 is 9.59 Å². The van der Waals surface area contributed by atoms with Crippen molar-refractivity contribution in [1.29, 1.82) is 0 Å². The Morgan fingerprint density at radius 3 is 2.44 bits per heavy atom. The van der Waals surface area contributed by atoms with Gasteiger partial charge < -0.3 is 4.90 Å². The van der Waals surface area contributed by atoms with Gasteiger partial charge in [-0.25, -0.2) is 0 Å². The molecule has 2 fully saturated rings. The fourth-order valence-electron chi connectivity index (χ4n) is 2.41. The summed E-state index contributed by atoms with van der Waals surface area (Å²) in [7, 11) is 1.54. The van der Waals surface area contributed by atoms with Crippen molar-refractivity contribution in [3.05, 3.63) is 10.4 Å². The van der Waals surface area contributed by atoms with Crippen LogP contribution in [0, 0.1) is 11.8 Å². The number of azide groups is 1. The van der Waals surface area contributed by atoms with Crippen LogP contribution in [0.15, 0.2) is 5.11 Å². The van der Waals surface area contributed by atoms with Gasteiger partial charge in [-0.2, -0.15) is 0 Å². The van der Waals surface area contributed by atoms with Crippen LogP contribution >= 0.6 is 0 Å². The van der Waals surface area contributed by atoms with E-state index in [4.69, 9.17) is 5.53 Å². The average Bonchev–Trinajstić information content (AvgIpc) is 2.77. The summed E-state index contributed by atoms with van der Waals surface area (Å²) in [5.74, 6) is -0.547. The topological polar surface area (TPSA) is 89.4 Å². The molecule has 0 N–H and O–H groups in total. The van der Waals surface area contributed by atoms with Gasteiger partial charge in [-0.3, -0.25) is 14.5 Å². The quantitative estimate of drug-likeness (QED) is 0.288. The van der Waals surface area contributed by atoms with E-state index >= 15 is 0 Å². The second-order valence-corrected chi connectivity index (χ2v) is 4.16. The van der Waals surface area contributed by atoms with Crippen molar-refractivity contribution in [2.45, 2.75) is 0 Å². The fourth-order valence-corrected chi connectivity index (χ4v) is 2.41. The molecule has 0 aliphatic carbocycles. The number of carbonyl (C=O) groups excluding carboxylic acids is 2. The lowest BCUT2D eigenvalue weighted by molar-refractivity contribution is -0.138. The number of hydrogen-bond acceptors (Lipinski definition) is 4. The number of carbonyl (C=O) groups is 2. The molecule has 0 spiro atoms. The second kappa shape index (κ2) is 4.11. The predicted octanol–water partition coefficient (Wildman–Crippen LogP) is -0.157. The van der Waals surface area contributed by atoms with E-state index < -0.39 is 0 Å². The predicted molar refractivity (Wildman–Crippen MR) is 55.2 cm³/mol. The standard InChI is InChI=1S/C9H13N5O2/c1-13-8(15)6-4-14(3-2-11-12-10)5-7(6)9(13)16/h6-7H,2-5H2,1H3/t6-,7+. The van der Waals surface area contributed by atoms with Crippen LogP contribution in [0.1, 0.15) is 0 Å². The van der Waals surface area contributed by atoms with E-state index in [2.05, 4.69) is 10.0 Å². The van der Waals surface area contributed by atoms with Gasteiger partial charge in [-0.1, -0.05) is 5.11 Å². The zero-order valence-corrected chi connectivity index (χ0v) is 9.04. The van der Waals surface area contributed by atoms with Gasteiger partial charge in [0, 0.05) is 38.1 Å². The van der Waals surface area contributed by atoms with Crippen LogP contribution in [0.3, 0.4) is 0 Å². The first-order valence-corrected chi connectivity index (χ1v) is 5.19. The molecular formula is C9H13N5O2. The van der Waals surface area contributed by atoms with Crippen LogP contribution in [0.4, 0.5) is 0 Å². The maximum atomic E-state index is 11.7. The molecule has 2 amide bonds. The van der Waals surface area contributed by atoms with Crippen molar-refractivity contribution in [3.8, 4) is 0 Å². The van der Waals surface area contributed by atoms with Gasteiger partial charge in [-0.05, 0) is 5.53 Å². The zero-order valence-electron chi connectivity index (χ0n) is 9.04. The third-order valence-electron chi connectivity index (χ3n) is 3.27. The molecule has 0 bridgehead atoms. The van der Waals surface area contributed by atoms with Gasteiger partial charge in [0.25, 0.3) is 0 Å². The summed E-state index contributed by atoms with van der Waals surface area (Å²) in [6.07, 6.45) is 0. The van der Waals surface area contributed by atoms with Crippen LogP contribution in [-0.4, -0.2) is 54.8 Å². The molecule has 0 unspecified atom stereocenters. The van der Waals surface area contributed by atoms with E-state index in [9.17, 15) is 9.59 Å². The molecule has 2 saturated heterocycles. The minimum atomic E-state index is -0.191. The Bertz CT molecular complexity index is 352. The molecule has 7 heteroatoms. The highest BCUT2D eigenvalue weighted by Crippen LogP contribution is 2.32. The molecule has 7 nitrogen and oxygen atoms in total. The van der Waals surface area contributed by atoms with Crippen molar-refractivity contribution in [2.24, 2.45) is 17.0 Å². The van der Waals surface area contributed by atoms with Crippen LogP contribution in [0.25, 0.3) is 10.4 Å². The van der Waals surface area contributed by atoms with Gasteiger partial charge in [-0.15, -0.1) is 0 Å². The highest BCUT2D eigenvalue weighted by Gasteiger charge is 2.50. The lowest BCUT2D eigenvalue weighted by Crippen LogP contribution is -2.34. The van der Waals surface area contributed by atoms with Crippen LogP contribution in [0.2, 0.25) is 0 Å². The molecule has 0 aromatic carbocycles.